The zero-order valence-corrected chi connectivity index (χ0v) is 15.5. The van der Waals surface area contributed by atoms with Crippen LogP contribution in [0.5, 0.6) is 0 Å². The first-order chi connectivity index (χ1) is 11.9. The normalized spacial score (nSPS) is 16.9. The van der Waals surface area contributed by atoms with Crippen molar-refractivity contribution < 1.29 is 0 Å². The van der Waals surface area contributed by atoms with Crippen molar-refractivity contribution in [1.82, 2.24) is 5.32 Å². The summed E-state index contributed by atoms with van der Waals surface area (Å²) in [6.07, 6.45) is 8.17. The molecule has 2 aromatic rings. The average molecular weight is 340 g/mol. The van der Waals surface area contributed by atoms with Gasteiger partial charge in [0.2, 0.25) is 0 Å². The molecule has 1 aliphatic rings. The lowest BCUT2D eigenvalue weighted by Gasteiger charge is -2.22. The summed E-state index contributed by atoms with van der Waals surface area (Å²) in [7, 11) is 2.03. The molecule has 1 N–H and O–H groups in total. The summed E-state index contributed by atoms with van der Waals surface area (Å²) in [4.78, 5) is 1.44. The van der Waals surface area contributed by atoms with Gasteiger partial charge < -0.3 is 5.32 Å². The maximum absolute atomic E-state index is 3.30. The molecule has 0 aliphatic heterocycles. The van der Waals surface area contributed by atoms with Gasteiger partial charge in [-0.3, -0.25) is 0 Å². The van der Waals surface area contributed by atoms with Gasteiger partial charge in [0.1, 0.15) is 0 Å². The molecular formula is C22H29NS. The van der Waals surface area contributed by atoms with Gasteiger partial charge in [-0.25, -0.2) is 0 Å². The van der Waals surface area contributed by atoms with Gasteiger partial charge in [0.25, 0.3) is 0 Å². The zero-order valence-electron chi connectivity index (χ0n) is 14.7. The van der Waals surface area contributed by atoms with Crippen LogP contribution in [-0.4, -0.2) is 18.8 Å². The molecule has 0 heterocycles. The Kier molecular flexibility index (Phi) is 6.80. The highest BCUT2D eigenvalue weighted by Gasteiger charge is 2.16. The predicted octanol–water partition coefficient (Wildman–Crippen LogP) is 5.85. The molecule has 0 bridgehead atoms. The van der Waals surface area contributed by atoms with E-state index in [0.717, 1.165) is 18.2 Å². The Morgan fingerprint density at radius 3 is 2.25 bits per heavy atom. The van der Waals surface area contributed by atoms with Gasteiger partial charge in [0.05, 0.1) is 0 Å². The molecule has 0 saturated heterocycles. The summed E-state index contributed by atoms with van der Waals surface area (Å²) >= 11 is 2.09. The van der Waals surface area contributed by atoms with Crippen LogP contribution in [0.15, 0.2) is 59.5 Å². The van der Waals surface area contributed by atoms with E-state index in [2.05, 4.69) is 71.7 Å². The van der Waals surface area contributed by atoms with Crippen molar-refractivity contribution in [2.45, 2.75) is 54.6 Å². The van der Waals surface area contributed by atoms with Gasteiger partial charge in [0.15, 0.2) is 0 Å². The van der Waals surface area contributed by atoms with Crippen LogP contribution in [0.2, 0.25) is 0 Å². The van der Waals surface area contributed by atoms with Crippen molar-refractivity contribution in [3.05, 3.63) is 65.7 Å². The van der Waals surface area contributed by atoms with E-state index >= 15 is 0 Å². The minimum Gasteiger partial charge on any atom is -0.320 e. The van der Waals surface area contributed by atoms with Gasteiger partial charge >= 0.3 is 0 Å². The van der Waals surface area contributed by atoms with Crippen molar-refractivity contribution in [2.24, 2.45) is 0 Å². The van der Waals surface area contributed by atoms with E-state index in [1.807, 2.05) is 7.05 Å². The third-order valence-corrected chi connectivity index (χ3v) is 6.37. The Morgan fingerprint density at radius 2 is 1.58 bits per heavy atom. The fourth-order valence-corrected chi connectivity index (χ4v) is 4.90. The average Bonchev–Trinajstić information content (AvgIpc) is 2.65. The smallest absolute Gasteiger partial charge is 0.0101 e. The number of hydrogen-bond acceptors (Lipinski definition) is 2. The van der Waals surface area contributed by atoms with Gasteiger partial charge in [-0.2, -0.15) is 0 Å². The van der Waals surface area contributed by atoms with E-state index in [1.165, 1.54) is 48.1 Å². The first kappa shape index (κ1) is 17.6. The second-order valence-electron chi connectivity index (χ2n) is 6.80. The maximum atomic E-state index is 3.30. The summed E-state index contributed by atoms with van der Waals surface area (Å²) < 4.78 is 0. The Labute approximate surface area is 151 Å². The summed E-state index contributed by atoms with van der Waals surface area (Å²) in [6.45, 7) is 1.04. The molecule has 1 atom stereocenters. The van der Waals surface area contributed by atoms with Crippen LogP contribution in [0.1, 0.15) is 55.6 Å². The lowest BCUT2D eigenvalue weighted by atomic mass is 9.88. The van der Waals surface area contributed by atoms with Crippen molar-refractivity contribution >= 4 is 11.8 Å². The van der Waals surface area contributed by atoms with E-state index in [-0.39, 0.29) is 0 Å². The first-order valence-electron chi connectivity index (χ1n) is 9.33. The van der Waals surface area contributed by atoms with Crippen LogP contribution >= 0.6 is 11.8 Å². The Hall–Kier alpha value is -1.25. The van der Waals surface area contributed by atoms with Crippen LogP contribution in [-0.2, 0) is 0 Å². The minimum atomic E-state index is 0.479. The van der Waals surface area contributed by atoms with Crippen molar-refractivity contribution in [2.75, 3.05) is 13.6 Å². The largest absolute Gasteiger partial charge is 0.320 e. The van der Waals surface area contributed by atoms with Gasteiger partial charge in [-0.1, -0.05) is 61.7 Å². The van der Waals surface area contributed by atoms with Gasteiger partial charge in [-0.05, 0) is 56.1 Å². The fraction of sp³-hybridized carbons (Fsp3) is 0.455. The number of hydrogen-bond donors (Lipinski definition) is 1. The molecule has 0 amide bonds. The monoisotopic (exact) mass is 339 g/mol. The first-order valence-corrected chi connectivity index (χ1v) is 10.2. The third kappa shape index (κ3) is 4.87. The summed E-state index contributed by atoms with van der Waals surface area (Å²) in [6, 6.07) is 20.3. The van der Waals surface area contributed by atoms with E-state index < -0.39 is 0 Å². The molecule has 128 valence electrons. The maximum Gasteiger partial charge on any atom is 0.0101 e. The van der Waals surface area contributed by atoms with Crippen LogP contribution in [0, 0.1) is 0 Å². The zero-order chi connectivity index (χ0) is 16.6. The van der Waals surface area contributed by atoms with Crippen LogP contribution in [0.25, 0.3) is 0 Å². The highest BCUT2D eigenvalue weighted by molar-refractivity contribution is 8.00. The topological polar surface area (TPSA) is 12.0 Å². The molecule has 2 heteroatoms. The molecule has 0 aromatic heterocycles. The number of rotatable bonds is 7. The number of benzene rings is 2. The van der Waals surface area contributed by atoms with Crippen LogP contribution in [0.4, 0.5) is 0 Å². The summed E-state index contributed by atoms with van der Waals surface area (Å²) in [5, 5.41) is 4.13. The molecule has 1 aliphatic carbocycles. The highest BCUT2D eigenvalue weighted by Crippen LogP contribution is 2.35. The molecule has 0 spiro atoms. The predicted molar refractivity (Wildman–Crippen MR) is 106 cm³/mol. The molecule has 1 nitrogen and oxygen atoms in total. The number of nitrogens with one attached hydrogen (secondary N) is 1. The molecule has 0 radical (unpaired) electrons. The van der Waals surface area contributed by atoms with E-state index in [1.54, 1.807) is 0 Å². The third-order valence-electron chi connectivity index (χ3n) is 5.02. The van der Waals surface area contributed by atoms with E-state index in [0.29, 0.717) is 5.92 Å². The molecule has 1 fully saturated rings. The van der Waals surface area contributed by atoms with Crippen molar-refractivity contribution in [3.8, 4) is 0 Å². The second kappa shape index (κ2) is 9.29. The Bertz CT molecular complexity index is 587. The molecule has 2 aromatic carbocycles. The number of thioether (sulfide) groups is 1. The SMILES string of the molecule is CNCCC(c1ccccc1)c1ccc(SC2CCCCC2)cc1. The molecule has 1 saturated carbocycles. The van der Waals surface area contributed by atoms with Gasteiger partial charge in [-0.15, -0.1) is 11.8 Å². The molecular weight excluding hydrogens is 310 g/mol. The lowest BCUT2D eigenvalue weighted by molar-refractivity contribution is 0.516. The van der Waals surface area contributed by atoms with E-state index in [9.17, 15) is 0 Å². The standard InChI is InChI=1S/C22H29NS/c1-23-17-16-22(18-8-4-2-5-9-18)19-12-14-21(15-13-19)24-20-10-6-3-7-11-20/h2,4-5,8-9,12-15,20,22-23H,3,6-7,10-11,16-17H2,1H3. The quantitative estimate of drug-likeness (QED) is 0.679. The van der Waals surface area contributed by atoms with Crippen LogP contribution < -0.4 is 5.32 Å². The van der Waals surface area contributed by atoms with Gasteiger partial charge in [0, 0.05) is 16.1 Å². The van der Waals surface area contributed by atoms with Crippen molar-refractivity contribution in [3.63, 3.8) is 0 Å². The fourth-order valence-electron chi connectivity index (χ4n) is 3.65. The minimum absolute atomic E-state index is 0.479. The Balaban J connectivity index is 1.71. The molecule has 1 unspecified atom stereocenters. The second-order valence-corrected chi connectivity index (χ2v) is 8.18. The summed E-state index contributed by atoms with van der Waals surface area (Å²) in [5.41, 5.74) is 2.85. The lowest BCUT2D eigenvalue weighted by Crippen LogP contribution is -2.13. The molecule has 3 rings (SSSR count). The van der Waals surface area contributed by atoms with E-state index in [4.69, 9.17) is 0 Å². The van der Waals surface area contributed by atoms with Crippen LogP contribution in [0.3, 0.4) is 0 Å². The Morgan fingerprint density at radius 1 is 0.917 bits per heavy atom. The summed E-state index contributed by atoms with van der Waals surface area (Å²) in [5.74, 6) is 0.479. The van der Waals surface area contributed by atoms with Crippen molar-refractivity contribution in [1.29, 1.82) is 0 Å². The highest BCUT2D eigenvalue weighted by atomic mass is 32.2. The molecule has 24 heavy (non-hydrogen) atoms.